The summed E-state index contributed by atoms with van der Waals surface area (Å²) in [6.45, 7) is 7.06. The minimum absolute atomic E-state index is 0.194. The molecule has 0 bridgehead atoms. The van der Waals surface area contributed by atoms with Gasteiger partial charge in [0, 0.05) is 66.0 Å². The fourth-order valence-corrected chi connectivity index (χ4v) is 9.03. The molecule has 0 aliphatic carbocycles. The SMILES string of the molecule is CCN(CC)c1ccc(Nc2cc3c(nc4ccc(N(CC)C(c5ccccc5)S(=O)(=O)O)cc4[n+]3-c3ccccc3)c3ccccc23)cc1S(=O)(=O)O. The number of rotatable bonds is 12. The molecular weight excluding hydrogens is 723 g/mol. The summed E-state index contributed by atoms with van der Waals surface area (Å²) in [4.78, 5) is 8.48. The third-order valence-electron chi connectivity index (χ3n) is 9.63. The van der Waals surface area contributed by atoms with Crippen LogP contribution in [0.4, 0.5) is 22.7 Å². The van der Waals surface area contributed by atoms with Gasteiger partial charge in [0.2, 0.25) is 16.7 Å². The second-order valence-electron chi connectivity index (χ2n) is 12.8. The summed E-state index contributed by atoms with van der Waals surface area (Å²) in [5, 5.41) is 3.76. The van der Waals surface area contributed by atoms with E-state index in [0.717, 1.165) is 22.0 Å². The van der Waals surface area contributed by atoms with E-state index in [2.05, 4.69) is 9.88 Å². The average molecular weight is 763 g/mol. The molecule has 11 nitrogen and oxygen atoms in total. The van der Waals surface area contributed by atoms with Crippen molar-refractivity contribution in [2.75, 3.05) is 34.8 Å². The van der Waals surface area contributed by atoms with Crippen molar-refractivity contribution in [1.29, 1.82) is 0 Å². The summed E-state index contributed by atoms with van der Waals surface area (Å²) >= 11 is 0. The number of hydrogen-bond donors (Lipinski definition) is 3. The first kappa shape index (κ1) is 36.7. The van der Waals surface area contributed by atoms with E-state index in [0.29, 0.717) is 58.0 Å². The van der Waals surface area contributed by atoms with Crippen molar-refractivity contribution in [3.8, 4) is 5.69 Å². The van der Waals surface area contributed by atoms with Gasteiger partial charge in [0.15, 0.2) is 5.37 Å². The van der Waals surface area contributed by atoms with Crippen molar-refractivity contribution in [3.63, 3.8) is 0 Å². The van der Waals surface area contributed by atoms with Gasteiger partial charge in [-0.3, -0.25) is 9.11 Å². The number of para-hydroxylation sites is 1. The fraction of sp³-hybridized carbons (Fsp3) is 0.171. The van der Waals surface area contributed by atoms with Crippen molar-refractivity contribution in [1.82, 2.24) is 4.98 Å². The predicted octanol–water partition coefficient (Wildman–Crippen LogP) is 8.07. The monoisotopic (exact) mass is 762 g/mol. The minimum atomic E-state index is -4.57. The van der Waals surface area contributed by atoms with E-state index >= 15 is 0 Å². The van der Waals surface area contributed by atoms with Gasteiger partial charge in [-0.05, 0) is 56.7 Å². The lowest BCUT2D eigenvalue weighted by Gasteiger charge is -2.30. The van der Waals surface area contributed by atoms with Crippen LogP contribution in [0.1, 0.15) is 31.7 Å². The van der Waals surface area contributed by atoms with Gasteiger partial charge in [-0.15, -0.1) is 4.57 Å². The molecule has 1 heterocycles. The molecule has 1 aromatic heterocycles. The predicted molar refractivity (Wildman–Crippen MR) is 215 cm³/mol. The first-order chi connectivity index (χ1) is 25.9. The topological polar surface area (TPSA) is 144 Å². The lowest BCUT2D eigenvalue weighted by atomic mass is 10.0. The van der Waals surface area contributed by atoms with Crippen LogP contribution >= 0.6 is 0 Å². The van der Waals surface area contributed by atoms with Gasteiger partial charge >= 0.3 is 0 Å². The second-order valence-corrected chi connectivity index (χ2v) is 15.7. The Kier molecular flexibility index (Phi) is 9.98. The summed E-state index contributed by atoms with van der Waals surface area (Å²) in [7, 11) is -9.13. The largest absolute Gasteiger partial charge is 0.371 e. The molecule has 3 N–H and O–H groups in total. The van der Waals surface area contributed by atoms with Crippen molar-refractivity contribution in [2.45, 2.75) is 31.0 Å². The van der Waals surface area contributed by atoms with E-state index < -0.39 is 25.6 Å². The van der Waals surface area contributed by atoms with Gasteiger partial charge in [0.1, 0.15) is 15.9 Å². The quantitative estimate of drug-likeness (QED) is 0.0484. The van der Waals surface area contributed by atoms with Crippen LogP contribution in [0.3, 0.4) is 0 Å². The maximum absolute atomic E-state index is 12.9. The van der Waals surface area contributed by atoms with E-state index in [1.165, 1.54) is 6.07 Å². The molecule has 0 radical (unpaired) electrons. The number of anilines is 4. The smallest absolute Gasteiger partial charge is 0.296 e. The van der Waals surface area contributed by atoms with E-state index in [1.54, 1.807) is 47.4 Å². The van der Waals surface area contributed by atoms with Gasteiger partial charge in [0.05, 0.1) is 11.4 Å². The molecule has 0 aliphatic rings. The van der Waals surface area contributed by atoms with Crippen LogP contribution in [0.5, 0.6) is 0 Å². The maximum atomic E-state index is 12.9. The van der Waals surface area contributed by atoms with Gasteiger partial charge in [-0.25, -0.2) is 4.98 Å². The zero-order valence-corrected chi connectivity index (χ0v) is 31.6. The standard InChI is InChI=1S/C41H39N5O6S2/c1-4-44(5-2)36-24-21-29(25-39(36)53(47,48)49)42-35-27-38-40(33-20-14-13-19-32(33)35)43-34-23-22-31(26-37(34)46(38)30-17-11-8-12-18-30)45(6-3)41(54(50,51)52)28-15-9-7-10-16-28/h7-27,41H,4-6H2,1-3H3,(H2,47,48,49,50,51,52)/p+1. The van der Waals surface area contributed by atoms with Gasteiger partial charge in [-0.1, -0.05) is 72.8 Å². The van der Waals surface area contributed by atoms with Gasteiger partial charge in [-0.2, -0.15) is 16.8 Å². The molecule has 0 saturated carbocycles. The lowest BCUT2D eigenvalue weighted by molar-refractivity contribution is -0.538. The molecule has 7 aromatic rings. The molecule has 1 atom stereocenters. The molecule has 0 fully saturated rings. The van der Waals surface area contributed by atoms with Crippen LogP contribution in [0.25, 0.3) is 38.5 Å². The second kappa shape index (κ2) is 14.7. The summed E-state index contributed by atoms with van der Waals surface area (Å²) in [5.74, 6) is 0. The maximum Gasteiger partial charge on any atom is 0.296 e. The number of hydrogen-bond acceptors (Lipinski definition) is 8. The fourth-order valence-electron chi connectivity index (χ4n) is 7.20. The molecule has 0 saturated heterocycles. The van der Waals surface area contributed by atoms with Crippen LogP contribution in [-0.2, 0) is 20.2 Å². The first-order valence-corrected chi connectivity index (χ1v) is 20.5. The molecular formula is C41H40N5O6S2+. The first-order valence-electron chi connectivity index (χ1n) is 17.6. The molecule has 276 valence electrons. The molecule has 6 aromatic carbocycles. The van der Waals surface area contributed by atoms with Crippen molar-refractivity contribution < 1.29 is 30.5 Å². The van der Waals surface area contributed by atoms with Crippen molar-refractivity contribution in [3.05, 3.63) is 133 Å². The number of fused-ring (bicyclic) bond motifs is 4. The minimum Gasteiger partial charge on any atom is -0.371 e. The lowest BCUT2D eigenvalue weighted by Crippen LogP contribution is -2.35. The Bertz CT molecular complexity index is 2730. The summed E-state index contributed by atoms with van der Waals surface area (Å²) in [6, 6.07) is 38.6. The van der Waals surface area contributed by atoms with E-state index in [9.17, 15) is 25.9 Å². The average Bonchev–Trinajstić information content (AvgIpc) is 3.16. The third-order valence-corrected chi connectivity index (χ3v) is 11.6. The Morgan fingerprint density at radius 1 is 0.704 bits per heavy atom. The van der Waals surface area contributed by atoms with Crippen LogP contribution in [0.15, 0.2) is 132 Å². The molecule has 0 aliphatic heterocycles. The van der Waals surface area contributed by atoms with Crippen LogP contribution in [-0.4, -0.2) is 50.6 Å². The number of nitrogens with one attached hydrogen (secondary N) is 1. The van der Waals surface area contributed by atoms with Crippen molar-refractivity contribution in [2.24, 2.45) is 0 Å². The van der Waals surface area contributed by atoms with Gasteiger partial charge < -0.3 is 15.1 Å². The van der Waals surface area contributed by atoms with Crippen LogP contribution in [0, 0.1) is 0 Å². The molecule has 7 rings (SSSR count). The summed E-state index contributed by atoms with van der Waals surface area (Å²) < 4.78 is 74.0. The van der Waals surface area contributed by atoms with Gasteiger partial charge in [0.25, 0.3) is 20.2 Å². The number of benzene rings is 6. The summed E-state index contributed by atoms with van der Waals surface area (Å²) in [5.41, 5.74) is 6.13. The summed E-state index contributed by atoms with van der Waals surface area (Å²) in [6.07, 6.45) is 0. The van der Waals surface area contributed by atoms with Crippen LogP contribution < -0.4 is 19.7 Å². The highest BCUT2D eigenvalue weighted by atomic mass is 32.2. The zero-order chi connectivity index (χ0) is 38.2. The van der Waals surface area contributed by atoms with Crippen molar-refractivity contribution >= 4 is 75.8 Å². The van der Waals surface area contributed by atoms with E-state index in [1.807, 2.05) is 105 Å². The third kappa shape index (κ3) is 6.94. The molecule has 0 amide bonds. The molecule has 13 heteroatoms. The molecule has 0 spiro atoms. The highest BCUT2D eigenvalue weighted by molar-refractivity contribution is 7.86. The Hall–Kier alpha value is -5.60. The van der Waals surface area contributed by atoms with E-state index in [-0.39, 0.29) is 11.4 Å². The highest BCUT2D eigenvalue weighted by Crippen LogP contribution is 2.37. The Morgan fingerprint density at radius 3 is 1.98 bits per heavy atom. The zero-order valence-electron chi connectivity index (χ0n) is 30.0. The van der Waals surface area contributed by atoms with E-state index in [4.69, 9.17) is 4.98 Å². The molecule has 54 heavy (non-hydrogen) atoms. The highest BCUT2D eigenvalue weighted by Gasteiger charge is 2.33. The Morgan fingerprint density at radius 2 is 1.35 bits per heavy atom. The normalized spacial score (nSPS) is 12.6. The Balaban J connectivity index is 1.48. The molecule has 1 unspecified atom stereocenters. The number of nitrogens with zero attached hydrogens (tertiary/aromatic N) is 4. The number of aromatic nitrogens is 2. The van der Waals surface area contributed by atoms with Crippen LogP contribution in [0.2, 0.25) is 0 Å². The Labute approximate surface area is 314 Å².